The van der Waals surface area contributed by atoms with Crippen LogP contribution in [0.15, 0.2) is 60.8 Å². The molecule has 0 aliphatic rings. The lowest BCUT2D eigenvalue weighted by Crippen LogP contribution is -2.05. The van der Waals surface area contributed by atoms with Gasteiger partial charge >= 0.3 is 0 Å². The number of fused-ring (bicyclic) bond motifs is 1. The molecule has 4 aromatic rings. The first-order valence-corrected chi connectivity index (χ1v) is 8.85. The number of hydrogen-bond acceptors (Lipinski definition) is 3. The molecule has 0 atom stereocenters. The van der Waals surface area contributed by atoms with E-state index in [0.29, 0.717) is 5.88 Å². The van der Waals surface area contributed by atoms with Crippen LogP contribution in [0.1, 0.15) is 22.4 Å². The average Bonchev–Trinajstić information content (AvgIpc) is 2.93. The number of ether oxygens (including phenoxy) is 1. The first-order valence-electron chi connectivity index (χ1n) is 8.85. The van der Waals surface area contributed by atoms with E-state index >= 15 is 0 Å². The molecule has 0 saturated heterocycles. The molecule has 2 heterocycles. The molecule has 2 aromatic carbocycles. The second kappa shape index (κ2) is 7.19. The standard InChI is InChI=1S/C22H20FN3O/c1-15-16(2)26(13-17-7-4-3-5-8-17)21-20(15)12-24-25-22(21)27-14-18-9-6-10-19(23)11-18/h3-12H,13-14H2,1-2H3. The largest absolute Gasteiger partial charge is 0.470 e. The maximum Gasteiger partial charge on any atom is 0.258 e. The summed E-state index contributed by atoms with van der Waals surface area (Å²) in [7, 11) is 0. The van der Waals surface area contributed by atoms with Gasteiger partial charge in [0.05, 0.1) is 6.20 Å². The molecular formula is C22H20FN3O. The fourth-order valence-corrected chi connectivity index (χ4v) is 3.30. The van der Waals surface area contributed by atoms with E-state index in [1.807, 2.05) is 24.3 Å². The van der Waals surface area contributed by atoms with Crippen molar-refractivity contribution in [1.82, 2.24) is 14.8 Å². The molecule has 0 saturated carbocycles. The van der Waals surface area contributed by atoms with Crippen LogP contribution in [0.4, 0.5) is 4.39 Å². The van der Waals surface area contributed by atoms with Gasteiger partial charge in [-0.3, -0.25) is 0 Å². The number of aryl methyl sites for hydroxylation is 1. The van der Waals surface area contributed by atoms with Gasteiger partial charge in [0.2, 0.25) is 0 Å². The number of hydrogen-bond donors (Lipinski definition) is 0. The lowest BCUT2D eigenvalue weighted by atomic mass is 10.2. The molecule has 2 aromatic heterocycles. The Labute approximate surface area is 157 Å². The topological polar surface area (TPSA) is 39.9 Å². The molecule has 0 amide bonds. The molecule has 5 heteroatoms. The van der Waals surface area contributed by atoms with E-state index in [4.69, 9.17) is 4.74 Å². The Kier molecular flexibility index (Phi) is 4.59. The fraction of sp³-hybridized carbons (Fsp3) is 0.182. The molecular weight excluding hydrogens is 341 g/mol. The van der Waals surface area contributed by atoms with Crippen LogP contribution in [0, 0.1) is 19.7 Å². The number of halogens is 1. The molecule has 0 unspecified atom stereocenters. The monoisotopic (exact) mass is 361 g/mol. The minimum Gasteiger partial charge on any atom is -0.470 e. The summed E-state index contributed by atoms with van der Waals surface area (Å²) < 4.78 is 21.6. The normalized spacial score (nSPS) is 11.1. The van der Waals surface area contributed by atoms with Crippen molar-refractivity contribution >= 4 is 10.9 Å². The predicted octanol–water partition coefficient (Wildman–Crippen LogP) is 4.81. The highest BCUT2D eigenvalue weighted by molar-refractivity contribution is 5.88. The second-order valence-electron chi connectivity index (χ2n) is 6.61. The first kappa shape index (κ1) is 17.2. The summed E-state index contributed by atoms with van der Waals surface area (Å²) in [6.45, 7) is 5.13. The summed E-state index contributed by atoms with van der Waals surface area (Å²) in [6.07, 6.45) is 1.77. The van der Waals surface area contributed by atoms with E-state index in [9.17, 15) is 4.39 Å². The van der Waals surface area contributed by atoms with Crippen LogP contribution >= 0.6 is 0 Å². The SMILES string of the molecule is Cc1c(C)n(Cc2ccccc2)c2c(OCc3cccc(F)c3)nncc12. The lowest BCUT2D eigenvalue weighted by molar-refractivity contribution is 0.292. The zero-order chi connectivity index (χ0) is 18.8. The van der Waals surface area contributed by atoms with Crippen LogP contribution in [-0.4, -0.2) is 14.8 Å². The molecule has 0 spiro atoms. The molecule has 0 aliphatic carbocycles. The first-order chi connectivity index (χ1) is 13.1. The van der Waals surface area contributed by atoms with Crippen molar-refractivity contribution in [3.63, 3.8) is 0 Å². The smallest absolute Gasteiger partial charge is 0.258 e. The molecule has 0 aliphatic heterocycles. The van der Waals surface area contributed by atoms with Gasteiger partial charge in [0.15, 0.2) is 0 Å². The van der Waals surface area contributed by atoms with Crippen molar-refractivity contribution in [1.29, 1.82) is 0 Å². The summed E-state index contributed by atoms with van der Waals surface area (Å²) in [5, 5.41) is 9.34. The van der Waals surface area contributed by atoms with Gasteiger partial charge in [-0.25, -0.2) is 4.39 Å². The molecule has 0 bridgehead atoms. The van der Waals surface area contributed by atoms with Crippen molar-refractivity contribution in [3.05, 3.63) is 89.0 Å². The molecule has 27 heavy (non-hydrogen) atoms. The van der Waals surface area contributed by atoms with E-state index in [1.165, 1.54) is 17.7 Å². The predicted molar refractivity (Wildman–Crippen MR) is 103 cm³/mol. The van der Waals surface area contributed by atoms with Gasteiger partial charge in [-0.2, -0.15) is 5.10 Å². The van der Waals surface area contributed by atoms with Crippen molar-refractivity contribution in [2.75, 3.05) is 0 Å². The third-order valence-electron chi connectivity index (χ3n) is 4.86. The third-order valence-corrected chi connectivity index (χ3v) is 4.86. The minimum absolute atomic E-state index is 0.236. The van der Waals surface area contributed by atoms with E-state index in [1.54, 1.807) is 12.3 Å². The van der Waals surface area contributed by atoms with Gasteiger partial charge in [0.25, 0.3) is 5.88 Å². The van der Waals surface area contributed by atoms with Crippen LogP contribution in [-0.2, 0) is 13.2 Å². The van der Waals surface area contributed by atoms with Crippen LogP contribution in [0.5, 0.6) is 5.88 Å². The third kappa shape index (κ3) is 3.40. The molecule has 4 rings (SSSR count). The Morgan fingerprint density at radius 3 is 2.56 bits per heavy atom. The lowest BCUT2D eigenvalue weighted by Gasteiger charge is -2.12. The van der Waals surface area contributed by atoms with Crippen LogP contribution in [0.25, 0.3) is 10.9 Å². The zero-order valence-electron chi connectivity index (χ0n) is 15.3. The minimum atomic E-state index is -0.278. The zero-order valence-corrected chi connectivity index (χ0v) is 15.3. The summed E-state index contributed by atoms with van der Waals surface area (Å²) in [5.41, 5.74) is 5.18. The summed E-state index contributed by atoms with van der Waals surface area (Å²) >= 11 is 0. The Bertz CT molecular complexity index is 1090. The summed E-state index contributed by atoms with van der Waals surface area (Å²) in [5.74, 6) is 0.184. The number of rotatable bonds is 5. The number of aromatic nitrogens is 3. The Balaban J connectivity index is 1.73. The Morgan fingerprint density at radius 2 is 1.78 bits per heavy atom. The van der Waals surface area contributed by atoms with Crippen molar-refractivity contribution < 1.29 is 9.13 Å². The van der Waals surface area contributed by atoms with Crippen LogP contribution in [0.2, 0.25) is 0 Å². The van der Waals surface area contributed by atoms with E-state index < -0.39 is 0 Å². The second-order valence-corrected chi connectivity index (χ2v) is 6.61. The number of nitrogens with zero attached hydrogens (tertiary/aromatic N) is 3. The van der Waals surface area contributed by atoms with Gasteiger partial charge < -0.3 is 9.30 Å². The van der Waals surface area contributed by atoms with Gasteiger partial charge in [0.1, 0.15) is 17.9 Å². The maximum atomic E-state index is 13.4. The highest BCUT2D eigenvalue weighted by atomic mass is 19.1. The fourth-order valence-electron chi connectivity index (χ4n) is 3.30. The number of benzene rings is 2. The van der Waals surface area contributed by atoms with Gasteiger partial charge in [-0.15, -0.1) is 5.10 Å². The van der Waals surface area contributed by atoms with E-state index in [2.05, 4.69) is 40.7 Å². The molecule has 136 valence electrons. The highest BCUT2D eigenvalue weighted by Gasteiger charge is 2.17. The molecule has 4 nitrogen and oxygen atoms in total. The Morgan fingerprint density at radius 1 is 1.00 bits per heavy atom. The Hall–Kier alpha value is -3.21. The van der Waals surface area contributed by atoms with Crippen molar-refractivity contribution in [3.8, 4) is 5.88 Å². The van der Waals surface area contributed by atoms with Gasteiger partial charge in [-0.05, 0) is 42.7 Å². The van der Waals surface area contributed by atoms with Crippen LogP contribution in [0.3, 0.4) is 0 Å². The van der Waals surface area contributed by atoms with Crippen LogP contribution < -0.4 is 4.74 Å². The average molecular weight is 361 g/mol. The molecule has 0 radical (unpaired) electrons. The molecule has 0 N–H and O–H groups in total. The van der Waals surface area contributed by atoms with Crippen molar-refractivity contribution in [2.24, 2.45) is 0 Å². The highest BCUT2D eigenvalue weighted by Crippen LogP contribution is 2.31. The maximum absolute atomic E-state index is 13.4. The van der Waals surface area contributed by atoms with E-state index in [-0.39, 0.29) is 12.4 Å². The molecule has 0 fully saturated rings. The quantitative estimate of drug-likeness (QED) is 0.512. The van der Waals surface area contributed by atoms with Gasteiger partial charge in [-0.1, -0.05) is 42.5 Å². The summed E-state index contributed by atoms with van der Waals surface area (Å²) in [4.78, 5) is 0. The van der Waals surface area contributed by atoms with E-state index in [0.717, 1.165) is 34.3 Å². The van der Waals surface area contributed by atoms with Gasteiger partial charge in [0, 0.05) is 17.6 Å². The summed E-state index contributed by atoms with van der Waals surface area (Å²) in [6, 6.07) is 16.7. The van der Waals surface area contributed by atoms with Crippen molar-refractivity contribution in [2.45, 2.75) is 27.0 Å².